The van der Waals surface area contributed by atoms with Gasteiger partial charge >= 0.3 is 0 Å². The molecule has 0 aliphatic heterocycles. The SMILES string of the molecule is CC(C)(C)c1ccc(C2(C#N)CC(O)C2)cc1. The average Bonchev–Trinajstić information content (AvgIpc) is 2.23. The molecule has 0 atom stereocenters. The largest absolute Gasteiger partial charge is 0.393 e. The van der Waals surface area contributed by atoms with Crippen molar-refractivity contribution in [3.63, 3.8) is 0 Å². The van der Waals surface area contributed by atoms with E-state index in [1.807, 2.05) is 12.1 Å². The fourth-order valence-corrected chi connectivity index (χ4v) is 2.43. The van der Waals surface area contributed by atoms with E-state index >= 15 is 0 Å². The first kappa shape index (κ1) is 12.1. The molecule has 0 unspecified atom stereocenters. The number of hydrogen-bond acceptors (Lipinski definition) is 2. The zero-order valence-electron chi connectivity index (χ0n) is 10.7. The second-order valence-electron chi connectivity index (χ2n) is 6.08. The molecule has 0 aromatic heterocycles. The molecule has 1 saturated carbocycles. The van der Waals surface area contributed by atoms with Crippen LogP contribution >= 0.6 is 0 Å². The van der Waals surface area contributed by atoms with Gasteiger partial charge in [0.05, 0.1) is 17.6 Å². The van der Waals surface area contributed by atoms with Crippen LogP contribution in [-0.2, 0) is 10.8 Å². The number of rotatable bonds is 1. The molecule has 2 rings (SSSR count). The fourth-order valence-electron chi connectivity index (χ4n) is 2.43. The lowest BCUT2D eigenvalue weighted by Crippen LogP contribution is -2.43. The zero-order valence-corrected chi connectivity index (χ0v) is 10.7. The quantitative estimate of drug-likeness (QED) is 0.804. The van der Waals surface area contributed by atoms with Crippen molar-refractivity contribution >= 4 is 0 Å². The van der Waals surface area contributed by atoms with E-state index in [0.29, 0.717) is 12.8 Å². The van der Waals surface area contributed by atoms with Gasteiger partial charge in [-0.3, -0.25) is 0 Å². The first-order valence-electron chi connectivity index (χ1n) is 6.08. The van der Waals surface area contributed by atoms with Gasteiger partial charge in [0.1, 0.15) is 0 Å². The van der Waals surface area contributed by atoms with Gasteiger partial charge in [-0.25, -0.2) is 0 Å². The van der Waals surface area contributed by atoms with E-state index < -0.39 is 5.41 Å². The van der Waals surface area contributed by atoms with Crippen molar-refractivity contribution in [1.29, 1.82) is 5.26 Å². The van der Waals surface area contributed by atoms with Gasteiger partial charge in [0.15, 0.2) is 0 Å². The van der Waals surface area contributed by atoms with Crippen LogP contribution in [0.15, 0.2) is 24.3 Å². The maximum absolute atomic E-state index is 9.41. The van der Waals surface area contributed by atoms with Gasteiger partial charge in [-0.05, 0) is 29.4 Å². The van der Waals surface area contributed by atoms with Crippen molar-refractivity contribution < 1.29 is 5.11 Å². The highest BCUT2D eigenvalue weighted by Gasteiger charge is 2.45. The van der Waals surface area contributed by atoms with Crippen molar-refractivity contribution in [3.8, 4) is 6.07 Å². The Morgan fingerprint density at radius 1 is 1.24 bits per heavy atom. The molecule has 0 saturated heterocycles. The third kappa shape index (κ3) is 2.08. The van der Waals surface area contributed by atoms with Crippen LogP contribution in [0.3, 0.4) is 0 Å². The molecule has 2 nitrogen and oxygen atoms in total. The van der Waals surface area contributed by atoms with Crippen molar-refractivity contribution in [2.75, 3.05) is 0 Å². The van der Waals surface area contributed by atoms with Crippen molar-refractivity contribution in [2.24, 2.45) is 0 Å². The first-order valence-corrected chi connectivity index (χ1v) is 6.08. The smallest absolute Gasteiger partial charge is 0.0871 e. The van der Waals surface area contributed by atoms with Gasteiger partial charge in [0.2, 0.25) is 0 Å². The van der Waals surface area contributed by atoms with Crippen LogP contribution < -0.4 is 0 Å². The van der Waals surface area contributed by atoms with Gasteiger partial charge in [-0.2, -0.15) is 5.26 Å². The third-order valence-electron chi connectivity index (χ3n) is 3.69. The standard InChI is InChI=1S/C15H19NO/c1-14(2,3)11-4-6-12(7-5-11)15(10-16)8-13(17)9-15/h4-7,13,17H,8-9H2,1-3H3. The molecular formula is C15H19NO. The molecule has 0 radical (unpaired) electrons. The van der Waals surface area contributed by atoms with Gasteiger partial charge in [0, 0.05) is 0 Å². The summed E-state index contributed by atoms with van der Waals surface area (Å²) in [5.41, 5.74) is 2.00. The van der Waals surface area contributed by atoms with Gasteiger partial charge < -0.3 is 5.11 Å². The summed E-state index contributed by atoms with van der Waals surface area (Å²) in [5, 5.41) is 18.7. The fraction of sp³-hybridized carbons (Fsp3) is 0.533. The lowest BCUT2D eigenvalue weighted by atomic mass is 9.63. The number of nitrogens with zero attached hydrogens (tertiary/aromatic N) is 1. The number of nitriles is 1. The summed E-state index contributed by atoms with van der Waals surface area (Å²) in [6, 6.07) is 10.6. The summed E-state index contributed by atoms with van der Waals surface area (Å²) in [6.07, 6.45) is 0.827. The van der Waals surface area contributed by atoms with Crippen LogP contribution in [0.5, 0.6) is 0 Å². The summed E-state index contributed by atoms with van der Waals surface area (Å²) >= 11 is 0. The van der Waals surface area contributed by atoms with Crippen molar-refractivity contribution in [3.05, 3.63) is 35.4 Å². The molecular weight excluding hydrogens is 210 g/mol. The summed E-state index contributed by atoms with van der Waals surface area (Å²) in [7, 11) is 0. The molecule has 1 aliphatic rings. The highest BCUT2D eigenvalue weighted by molar-refractivity contribution is 5.39. The molecule has 0 heterocycles. The second kappa shape index (κ2) is 3.85. The van der Waals surface area contributed by atoms with Gasteiger partial charge in [-0.15, -0.1) is 0 Å². The molecule has 1 fully saturated rings. The highest BCUT2D eigenvalue weighted by atomic mass is 16.3. The normalized spacial score (nSPS) is 28.3. The zero-order chi connectivity index (χ0) is 12.7. The summed E-state index contributed by atoms with van der Waals surface area (Å²) in [6.45, 7) is 6.53. The maximum atomic E-state index is 9.41. The molecule has 0 spiro atoms. The average molecular weight is 229 g/mol. The van der Waals surface area contributed by atoms with E-state index in [4.69, 9.17) is 0 Å². The summed E-state index contributed by atoms with van der Waals surface area (Å²) in [5.74, 6) is 0. The van der Waals surface area contributed by atoms with Crippen molar-refractivity contribution in [1.82, 2.24) is 0 Å². The highest BCUT2D eigenvalue weighted by Crippen LogP contribution is 2.43. The Bertz CT molecular complexity index is 441. The van der Waals surface area contributed by atoms with E-state index in [1.54, 1.807) is 0 Å². The number of benzene rings is 1. The third-order valence-corrected chi connectivity index (χ3v) is 3.69. The van der Waals surface area contributed by atoms with Crippen LogP contribution in [-0.4, -0.2) is 11.2 Å². The van der Waals surface area contributed by atoms with E-state index in [1.165, 1.54) is 5.56 Å². The van der Waals surface area contributed by atoms with Crippen LogP contribution in [0.2, 0.25) is 0 Å². The predicted octanol–water partition coefficient (Wildman–Crippen LogP) is 2.90. The molecule has 1 aliphatic carbocycles. The van der Waals surface area contributed by atoms with Crippen LogP contribution in [0, 0.1) is 11.3 Å². The Morgan fingerprint density at radius 3 is 2.12 bits per heavy atom. The Labute approximate surface area is 103 Å². The van der Waals surface area contributed by atoms with Crippen molar-refractivity contribution in [2.45, 2.75) is 50.5 Å². The molecule has 0 bridgehead atoms. The van der Waals surface area contributed by atoms with Crippen LogP contribution in [0.4, 0.5) is 0 Å². The Morgan fingerprint density at radius 2 is 1.76 bits per heavy atom. The number of hydrogen-bond donors (Lipinski definition) is 1. The molecule has 1 aromatic carbocycles. The molecule has 90 valence electrons. The monoisotopic (exact) mass is 229 g/mol. The molecule has 17 heavy (non-hydrogen) atoms. The predicted molar refractivity (Wildman–Crippen MR) is 67.7 cm³/mol. The van der Waals surface area contributed by atoms with Crippen LogP contribution in [0.1, 0.15) is 44.7 Å². The van der Waals surface area contributed by atoms with E-state index in [-0.39, 0.29) is 11.5 Å². The lowest BCUT2D eigenvalue weighted by molar-refractivity contribution is 0.0447. The topological polar surface area (TPSA) is 44.0 Å². The maximum Gasteiger partial charge on any atom is 0.0871 e. The summed E-state index contributed by atoms with van der Waals surface area (Å²) in [4.78, 5) is 0. The minimum atomic E-state index is -0.449. The molecule has 0 amide bonds. The van der Waals surface area contributed by atoms with Gasteiger partial charge in [-0.1, -0.05) is 45.0 Å². The second-order valence-corrected chi connectivity index (χ2v) is 6.08. The first-order chi connectivity index (χ1) is 7.87. The minimum absolute atomic E-state index is 0.136. The summed E-state index contributed by atoms with van der Waals surface area (Å²) < 4.78 is 0. The van der Waals surface area contributed by atoms with E-state index in [9.17, 15) is 10.4 Å². The van der Waals surface area contributed by atoms with E-state index in [2.05, 4.69) is 39.0 Å². The number of aliphatic hydroxyl groups is 1. The lowest BCUT2D eigenvalue weighted by Gasteiger charge is -2.40. The van der Waals surface area contributed by atoms with Crippen LogP contribution in [0.25, 0.3) is 0 Å². The van der Waals surface area contributed by atoms with Gasteiger partial charge in [0.25, 0.3) is 0 Å². The van der Waals surface area contributed by atoms with E-state index in [0.717, 1.165) is 5.56 Å². The minimum Gasteiger partial charge on any atom is -0.393 e. The Balaban J connectivity index is 2.28. The number of aliphatic hydroxyl groups excluding tert-OH is 1. The molecule has 1 aromatic rings. The molecule has 1 N–H and O–H groups in total. The Hall–Kier alpha value is -1.33. The molecule has 2 heteroatoms. The Kier molecular flexibility index (Phi) is 2.75.